The van der Waals surface area contributed by atoms with Gasteiger partial charge in [-0.15, -0.1) is 0 Å². The lowest BCUT2D eigenvalue weighted by Gasteiger charge is -2.48. The number of nitrogens with one attached hydrogen (secondary N) is 1. The lowest BCUT2D eigenvalue weighted by atomic mass is 9.69. The number of benzene rings is 2. The van der Waals surface area contributed by atoms with E-state index in [4.69, 9.17) is 9.47 Å². The van der Waals surface area contributed by atoms with Crippen molar-refractivity contribution >= 4 is 6.03 Å². The molecule has 2 aromatic carbocycles. The Bertz CT molecular complexity index is 921. The van der Waals surface area contributed by atoms with Crippen LogP contribution in [0, 0.1) is 0 Å². The zero-order chi connectivity index (χ0) is 22.1. The summed E-state index contributed by atoms with van der Waals surface area (Å²) >= 11 is 0. The van der Waals surface area contributed by atoms with Gasteiger partial charge in [0, 0.05) is 18.6 Å². The van der Waals surface area contributed by atoms with Crippen molar-refractivity contribution in [2.45, 2.75) is 43.3 Å². The molecular formula is C25H33N3O3. The van der Waals surface area contributed by atoms with Crippen LogP contribution in [0.3, 0.4) is 0 Å². The van der Waals surface area contributed by atoms with E-state index in [0.717, 1.165) is 37.8 Å². The highest BCUT2D eigenvalue weighted by Gasteiger charge is 2.49. The molecule has 2 aromatic rings. The van der Waals surface area contributed by atoms with Gasteiger partial charge >= 0.3 is 6.03 Å². The molecule has 6 heteroatoms. The summed E-state index contributed by atoms with van der Waals surface area (Å²) in [6, 6.07) is 16.6. The molecule has 4 rings (SSSR count). The van der Waals surface area contributed by atoms with Crippen LogP contribution in [0.4, 0.5) is 4.79 Å². The number of amides is 2. The SMILES string of the molecule is COc1ccc(CN2CC3(CCC(c4ccccc4)(N(C)C)CC3)NC2=O)cc1OC. The number of nitrogens with zero attached hydrogens (tertiary/aromatic N) is 2. The maximum absolute atomic E-state index is 12.8. The zero-order valence-electron chi connectivity index (χ0n) is 19.0. The topological polar surface area (TPSA) is 54.0 Å². The fourth-order valence-electron chi connectivity index (χ4n) is 5.28. The van der Waals surface area contributed by atoms with Gasteiger partial charge in [0.05, 0.1) is 19.8 Å². The van der Waals surface area contributed by atoms with Crippen molar-refractivity contribution in [2.75, 3.05) is 34.9 Å². The molecule has 2 aliphatic rings. The second-order valence-corrected chi connectivity index (χ2v) is 9.05. The van der Waals surface area contributed by atoms with Crippen LogP contribution in [0.2, 0.25) is 0 Å². The summed E-state index contributed by atoms with van der Waals surface area (Å²) in [5, 5.41) is 3.33. The quantitative estimate of drug-likeness (QED) is 0.763. The molecule has 0 radical (unpaired) electrons. The molecule has 0 unspecified atom stereocenters. The predicted octanol–water partition coefficient (Wildman–Crippen LogP) is 4.00. The Hall–Kier alpha value is -2.73. The van der Waals surface area contributed by atoms with Gasteiger partial charge < -0.3 is 19.7 Å². The zero-order valence-corrected chi connectivity index (χ0v) is 19.0. The number of carbonyl (C=O) groups is 1. The van der Waals surface area contributed by atoms with Gasteiger partial charge in [-0.1, -0.05) is 36.4 Å². The molecule has 1 heterocycles. The number of hydrogen-bond acceptors (Lipinski definition) is 4. The van der Waals surface area contributed by atoms with Gasteiger partial charge in [0.2, 0.25) is 0 Å². The van der Waals surface area contributed by atoms with Crippen molar-refractivity contribution in [3.8, 4) is 11.5 Å². The third kappa shape index (κ3) is 3.97. The summed E-state index contributed by atoms with van der Waals surface area (Å²) in [5.41, 5.74) is 2.27. The van der Waals surface area contributed by atoms with E-state index in [1.165, 1.54) is 5.56 Å². The Balaban J connectivity index is 1.47. The van der Waals surface area contributed by atoms with Crippen LogP contribution >= 0.6 is 0 Å². The van der Waals surface area contributed by atoms with E-state index < -0.39 is 0 Å². The molecule has 1 saturated heterocycles. The Morgan fingerprint density at radius 2 is 1.65 bits per heavy atom. The number of carbonyl (C=O) groups excluding carboxylic acids is 1. The molecule has 2 amide bonds. The first kappa shape index (κ1) is 21.5. The third-order valence-corrected chi connectivity index (χ3v) is 7.18. The second-order valence-electron chi connectivity index (χ2n) is 9.05. The molecular weight excluding hydrogens is 390 g/mol. The van der Waals surface area contributed by atoms with Crippen LogP contribution in [-0.4, -0.2) is 56.2 Å². The minimum atomic E-state index is -0.151. The first-order valence-corrected chi connectivity index (χ1v) is 10.9. The molecule has 0 aromatic heterocycles. The Morgan fingerprint density at radius 3 is 2.26 bits per heavy atom. The fourth-order valence-corrected chi connectivity index (χ4v) is 5.28. The smallest absolute Gasteiger partial charge is 0.318 e. The highest BCUT2D eigenvalue weighted by molar-refractivity contribution is 5.78. The van der Waals surface area contributed by atoms with Crippen molar-refractivity contribution in [3.63, 3.8) is 0 Å². The van der Waals surface area contributed by atoms with Crippen molar-refractivity contribution in [1.29, 1.82) is 0 Å². The van der Waals surface area contributed by atoms with E-state index in [2.05, 4.69) is 54.6 Å². The molecule has 1 aliphatic heterocycles. The minimum absolute atomic E-state index is 0.0202. The molecule has 6 nitrogen and oxygen atoms in total. The normalized spacial score (nSPS) is 25.7. The Morgan fingerprint density at radius 1 is 0.968 bits per heavy atom. The summed E-state index contributed by atoms with van der Waals surface area (Å²) in [7, 11) is 7.59. The van der Waals surface area contributed by atoms with Gasteiger partial charge in [-0.2, -0.15) is 0 Å². The first-order valence-electron chi connectivity index (χ1n) is 10.9. The predicted molar refractivity (Wildman–Crippen MR) is 121 cm³/mol. The molecule has 1 N–H and O–H groups in total. The van der Waals surface area contributed by atoms with Crippen LogP contribution in [0.5, 0.6) is 11.5 Å². The van der Waals surface area contributed by atoms with Crippen molar-refractivity contribution in [1.82, 2.24) is 15.1 Å². The van der Waals surface area contributed by atoms with Crippen LogP contribution in [-0.2, 0) is 12.1 Å². The van der Waals surface area contributed by atoms with Gasteiger partial charge in [0.1, 0.15) is 0 Å². The van der Waals surface area contributed by atoms with Gasteiger partial charge in [0.25, 0.3) is 0 Å². The summed E-state index contributed by atoms with van der Waals surface area (Å²) in [6.45, 7) is 1.30. The second kappa shape index (κ2) is 8.42. The molecule has 31 heavy (non-hydrogen) atoms. The van der Waals surface area contributed by atoms with Gasteiger partial charge in [-0.3, -0.25) is 4.90 Å². The molecule has 1 aliphatic carbocycles. The lowest BCUT2D eigenvalue weighted by Crippen LogP contribution is -2.54. The Labute approximate surface area is 185 Å². The van der Waals surface area contributed by atoms with Crippen molar-refractivity contribution in [2.24, 2.45) is 0 Å². The van der Waals surface area contributed by atoms with E-state index in [1.807, 2.05) is 23.1 Å². The monoisotopic (exact) mass is 423 g/mol. The summed E-state index contributed by atoms with van der Waals surface area (Å²) < 4.78 is 10.7. The molecule has 1 saturated carbocycles. The van der Waals surface area contributed by atoms with Gasteiger partial charge in [-0.05, 0) is 63.0 Å². The largest absolute Gasteiger partial charge is 0.493 e. The standard InChI is InChI=1S/C25H33N3O3/c1-27(2)25(20-8-6-5-7-9-20)14-12-24(13-15-25)18-28(23(29)26-24)17-19-10-11-21(30-3)22(16-19)31-4/h5-11,16H,12-15,17-18H2,1-4H3,(H,26,29). The minimum Gasteiger partial charge on any atom is -0.493 e. The molecule has 0 atom stereocenters. The number of ether oxygens (including phenoxy) is 2. The summed E-state index contributed by atoms with van der Waals surface area (Å²) in [6.07, 6.45) is 3.98. The number of hydrogen-bond donors (Lipinski definition) is 1. The molecule has 0 bridgehead atoms. The van der Waals surface area contributed by atoms with E-state index in [1.54, 1.807) is 14.2 Å². The van der Waals surface area contributed by atoms with E-state index in [9.17, 15) is 4.79 Å². The van der Waals surface area contributed by atoms with Crippen molar-refractivity contribution in [3.05, 3.63) is 59.7 Å². The molecule has 2 fully saturated rings. The third-order valence-electron chi connectivity index (χ3n) is 7.18. The Kier molecular flexibility index (Phi) is 5.84. The summed E-state index contributed by atoms with van der Waals surface area (Å²) in [4.78, 5) is 17.1. The maximum atomic E-state index is 12.8. The van der Waals surface area contributed by atoms with Crippen LogP contribution < -0.4 is 14.8 Å². The summed E-state index contributed by atoms with van der Waals surface area (Å²) in [5.74, 6) is 1.38. The number of urea groups is 1. The number of methoxy groups -OCH3 is 2. The fraction of sp³-hybridized carbons (Fsp3) is 0.480. The average molecular weight is 424 g/mol. The van der Waals surface area contributed by atoms with E-state index >= 15 is 0 Å². The maximum Gasteiger partial charge on any atom is 0.318 e. The highest BCUT2D eigenvalue weighted by atomic mass is 16.5. The molecule has 1 spiro atoms. The average Bonchev–Trinajstić information content (AvgIpc) is 3.09. The van der Waals surface area contributed by atoms with Gasteiger partial charge in [-0.25, -0.2) is 4.79 Å². The van der Waals surface area contributed by atoms with E-state index in [0.29, 0.717) is 18.0 Å². The van der Waals surface area contributed by atoms with Crippen LogP contribution in [0.15, 0.2) is 48.5 Å². The van der Waals surface area contributed by atoms with Crippen LogP contribution in [0.25, 0.3) is 0 Å². The van der Waals surface area contributed by atoms with E-state index in [-0.39, 0.29) is 17.1 Å². The number of rotatable bonds is 6. The highest BCUT2D eigenvalue weighted by Crippen LogP contribution is 2.46. The lowest BCUT2D eigenvalue weighted by molar-refractivity contribution is 0.0617. The molecule has 166 valence electrons. The van der Waals surface area contributed by atoms with Crippen LogP contribution in [0.1, 0.15) is 36.8 Å². The van der Waals surface area contributed by atoms with Gasteiger partial charge in [0.15, 0.2) is 11.5 Å². The first-order chi connectivity index (χ1) is 14.9. The van der Waals surface area contributed by atoms with Crippen molar-refractivity contribution < 1.29 is 14.3 Å².